The first-order valence-electron chi connectivity index (χ1n) is 8.21. The van der Waals surface area contributed by atoms with Crippen LogP contribution in [0.3, 0.4) is 0 Å². The van der Waals surface area contributed by atoms with Crippen LogP contribution in [0.4, 0.5) is 0 Å². The Bertz CT molecular complexity index is 734. The lowest BCUT2D eigenvalue weighted by Gasteiger charge is -2.43. The molecule has 0 amide bonds. The van der Waals surface area contributed by atoms with Gasteiger partial charge < -0.3 is 24.1 Å². The van der Waals surface area contributed by atoms with Crippen LogP contribution in [0.25, 0.3) is 0 Å². The minimum Gasteiger partial charge on any atom is -0.455 e. The maximum absolute atomic E-state index is 11.6. The zero-order chi connectivity index (χ0) is 20.3. The lowest BCUT2D eigenvalue weighted by molar-refractivity contribution is -0.293. The van der Waals surface area contributed by atoms with Crippen LogP contribution in [0.5, 0.6) is 0 Å². The number of aliphatic hydroxyl groups excluding tert-OH is 1. The van der Waals surface area contributed by atoms with Gasteiger partial charge in [0.1, 0.15) is 6.10 Å². The van der Waals surface area contributed by atoms with Gasteiger partial charge in [0.15, 0.2) is 24.6 Å². The Morgan fingerprint density at radius 1 is 0.963 bits per heavy atom. The molecule has 1 saturated heterocycles. The fourth-order valence-corrected chi connectivity index (χ4v) is 3.03. The smallest absolute Gasteiger partial charge is 0.303 e. The van der Waals surface area contributed by atoms with Crippen LogP contribution in [0.2, 0.25) is 5.02 Å². The standard InChI is InChI=1S/C18H21ClO8/c1-8-5-6-12(7-13(8)19)14-15(24-9(2)20)16(25-10(3)21)17(18(23)27-14)26-11(4)22/h5-7,14-18,23H,1-4H3/t14?,15-,16+,17-,18-/m0/s1. The van der Waals surface area contributed by atoms with Crippen molar-refractivity contribution in [3.63, 3.8) is 0 Å². The summed E-state index contributed by atoms with van der Waals surface area (Å²) in [5, 5.41) is 10.8. The first-order valence-corrected chi connectivity index (χ1v) is 8.59. The van der Waals surface area contributed by atoms with Crippen molar-refractivity contribution >= 4 is 29.5 Å². The van der Waals surface area contributed by atoms with Gasteiger partial charge in [-0.25, -0.2) is 0 Å². The van der Waals surface area contributed by atoms with E-state index in [0.29, 0.717) is 10.6 Å². The summed E-state index contributed by atoms with van der Waals surface area (Å²) < 4.78 is 21.1. The van der Waals surface area contributed by atoms with Gasteiger partial charge in [0.05, 0.1) is 0 Å². The second-order valence-electron chi connectivity index (χ2n) is 6.18. The summed E-state index contributed by atoms with van der Waals surface area (Å²) in [6, 6.07) is 5.02. The highest BCUT2D eigenvalue weighted by molar-refractivity contribution is 6.31. The Kier molecular flexibility index (Phi) is 6.80. The number of aliphatic hydroxyl groups is 1. The minimum absolute atomic E-state index is 0.443. The average Bonchev–Trinajstić information content (AvgIpc) is 2.54. The van der Waals surface area contributed by atoms with Crippen LogP contribution in [-0.4, -0.2) is 47.6 Å². The van der Waals surface area contributed by atoms with E-state index in [1.165, 1.54) is 6.92 Å². The summed E-state index contributed by atoms with van der Waals surface area (Å²) in [6.07, 6.45) is -6.43. The number of carbonyl (C=O) groups excluding carboxylic acids is 3. The maximum atomic E-state index is 11.6. The third-order valence-corrected chi connectivity index (χ3v) is 4.35. The third-order valence-electron chi connectivity index (χ3n) is 3.94. The van der Waals surface area contributed by atoms with Crippen LogP contribution in [0.1, 0.15) is 38.0 Å². The first kappa shape index (κ1) is 21.1. The molecule has 1 fully saturated rings. The number of halogens is 1. The summed E-state index contributed by atoms with van der Waals surface area (Å²) in [6.45, 7) is 5.26. The van der Waals surface area contributed by atoms with Crippen molar-refractivity contribution in [2.45, 2.75) is 58.4 Å². The number of hydrogen-bond acceptors (Lipinski definition) is 8. The Morgan fingerprint density at radius 2 is 1.48 bits per heavy atom. The van der Waals surface area contributed by atoms with Crippen LogP contribution in [-0.2, 0) is 33.3 Å². The molecule has 1 aromatic rings. The third kappa shape index (κ3) is 5.18. The molecule has 8 nitrogen and oxygen atoms in total. The summed E-state index contributed by atoms with van der Waals surface area (Å²) >= 11 is 6.16. The van der Waals surface area contributed by atoms with E-state index < -0.39 is 48.6 Å². The molecular formula is C18H21ClO8. The van der Waals surface area contributed by atoms with Crippen molar-refractivity contribution in [1.82, 2.24) is 0 Å². The molecule has 1 unspecified atom stereocenters. The molecule has 0 radical (unpaired) electrons. The fourth-order valence-electron chi connectivity index (χ4n) is 2.84. The Balaban J connectivity index is 2.48. The van der Waals surface area contributed by atoms with Crippen molar-refractivity contribution in [2.75, 3.05) is 0 Å². The molecule has 1 aliphatic heterocycles. The number of hydrogen-bond donors (Lipinski definition) is 1. The van der Waals surface area contributed by atoms with E-state index in [4.69, 9.17) is 30.5 Å². The lowest BCUT2D eigenvalue weighted by atomic mass is 9.92. The molecule has 0 saturated carbocycles. The van der Waals surface area contributed by atoms with Gasteiger partial charge in [-0.1, -0.05) is 23.7 Å². The molecule has 9 heteroatoms. The largest absolute Gasteiger partial charge is 0.455 e. The highest BCUT2D eigenvalue weighted by Gasteiger charge is 2.51. The summed E-state index contributed by atoms with van der Waals surface area (Å²) in [7, 11) is 0. The molecule has 0 aliphatic carbocycles. The number of benzene rings is 1. The molecular weight excluding hydrogens is 380 g/mol. The van der Waals surface area contributed by atoms with Gasteiger partial charge in [0, 0.05) is 25.8 Å². The van der Waals surface area contributed by atoms with Crippen LogP contribution in [0.15, 0.2) is 18.2 Å². The van der Waals surface area contributed by atoms with Gasteiger partial charge in [-0.3, -0.25) is 14.4 Å². The number of aryl methyl sites for hydroxylation is 1. The van der Waals surface area contributed by atoms with Gasteiger partial charge in [0.25, 0.3) is 0 Å². The molecule has 0 aromatic heterocycles. The lowest BCUT2D eigenvalue weighted by Crippen LogP contribution is -2.58. The van der Waals surface area contributed by atoms with Gasteiger partial charge in [0.2, 0.25) is 0 Å². The highest BCUT2D eigenvalue weighted by atomic mass is 35.5. The average molecular weight is 401 g/mol. The summed E-state index contributed by atoms with van der Waals surface area (Å²) in [5.41, 5.74) is 1.31. The van der Waals surface area contributed by atoms with Gasteiger partial charge in [-0.05, 0) is 24.1 Å². The predicted molar refractivity (Wildman–Crippen MR) is 92.7 cm³/mol. The molecule has 1 aliphatic rings. The van der Waals surface area contributed by atoms with E-state index in [1.807, 2.05) is 6.92 Å². The summed E-state index contributed by atoms with van der Waals surface area (Å²) in [5.74, 6) is -2.09. The van der Waals surface area contributed by atoms with Crippen molar-refractivity contribution in [2.24, 2.45) is 0 Å². The molecule has 148 valence electrons. The fraction of sp³-hybridized carbons (Fsp3) is 0.500. The van der Waals surface area contributed by atoms with E-state index in [9.17, 15) is 19.5 Å². The molecule has 1 N–H and O–H groups in total. The zero-order valence-corrected chi connectivity index (χ0v) is 16.1. The number of ether oxygens (including phenoxy) is 4. The van der Waals surface area contributed by atoms with E-state index in [0.717, 1.165) is 19.4 Å². The normalized spacial score (nSPS) is 27.6. The van der Waals surface area contributed by atoms with E-state index in [2.05, 4.69) is 0 Å². The molecule has 27 heavy (non-hydrogen) atoms. The molecule has 0 bridgehead atoms. The van der Waals surface area contributed by atoms with Gasteiger partial charge in [-0.15, -0.1) is 0 Å². The highest BCUT2D eigenvalue weighted by Crippen LogP contribution is 2.37. The van der Waals surface area contributed by atoms with Crippen molar-refractivity contribution < 1.29 is 38.4 Å². The second kappa shape index (κ2) is 8.69. The molecule has 1 aromatic carbocycles. The van der Waals surface area contributed by atoms with Crippen LogP contribution < -0.4 is 0 Å². The molecule has 2 rings (SSSR count). The van der Waals surface area contributed by atoms with Crippen LogP contribution in [0, 0.1) is 6.92 Å². The monoisotopic (exact) mass is 400 g/mol. The zero-order valence-electron chi connectivity index (χ0n) is 15.3. The van der Waals surface area contributed by atoms with Crippen molar-refractivity contribution in [3.8, 4) is 0 Å². The van der Waals surface area contributed by atoms with Crippen LogP contribution >= 0.6 is 11.6 Å². The van der Waals surface area contributed by atoms with E-state index in [1.54, 1.807) is 18.2 Å². The Hall–Kier alpha value is -2.16. The molecule has 0 spiro atoms. The quantitative estimate of drug-likeness (QED) is 0.602. The Morgan fingerprint density at radius 3 is 2.00 bits per heavy atom. The van der Waals surface area contributed by atoms with E-state index in [-0.39, 0.29) is 0 Å². The second-order valence-corrected chi connectivity index (χ2v) is 6.59. The number of carbonyl (C=O) groups is 3. The Labute approximate surface area is 161 Å². The van der Waals surface area contributed by atoms with Gasteiger partial charge >= 0.3 is 17.9 Å². The van der Waals surface area contributed by atoms with Gasteiger partial charge in [-0.2, -0.15) is 0 Å². The maximum Gasteiger partial charge on any atom is 0.303 e. The first-order chi connectivity index (χ1) is 12.6. The minimum atomic E-state index is -1.62. The topological polar surface area (TPSA) is 108 Å². The van der Waals surface area contributed by atoms with Crippen molar-refractivity contribution in [1.29, 1.82) is 0 Å². The molecule has 1 heterocycles. The molecule has 5 atom stereocenters. The summed E-state index contributed by atoms with van der Waals surface area (Å²) in [4.78, 5) is 34.6. The predicted octanol–water partition coefficient (Wildman–Crippen LogP) is 1.83. The van der Waals surface area contributed by atoms with E-state index >= 15 is 0 Å². The number of rotatable bonds is 4. The number of esters is 3. The van der Waals surface area contributed by atoms with Crippen molar-refractivity contribution in [3.05, 3.63) is 34.3 Å². The SMILES string of the molecule is CC(=O)O[C@H]1[C@H](OC(C)=O)[C@@H](OC(C)=O)C(c2ccc(C)c(Cl)c2)O[C@@H]1O.